The summed E-state index contributed by atoms with van der Waals surface area (Å²) < 4.78 is 59.4. The lowest BCUT2D eigenvalue weighted by Gasteiger charge is -2.08. The second kappa shape index (κ2) is 6.47. The van der Waals surface area contributed by atoms with E-state index < -0.39 is 37.2 Å². The number of carbonyl (C=O) groups is 1. The molecule has 0 saturated heterocycles. The van der Waals surface area contributed by atoms with Gasteiger partial charge in [-0.15, -0.1) is 0 Å². The maximum atomic E-state index is 13.1. The molecule has 0 aliphatic heterocycles. The van der Waals surface area contributed by atoms with Crippen LogP contribution in [0.15, 0.2) is 34.3 Å². The number of methoxy groups -OCH3 is 1. The van der Waals surface area contributed by atoms with Crippen LogP contribution in [0.2, 0.25) is 0 Å². The molecule has 0 aliphatic carbocycles. The minimum absolute atomic E-state index is 0.119. The number of hydrogen-bond acceptors (Lipinski definition) is 5. The van der Waals surface area contributed by atoms with Crippen molar-refractivity contribution in [3.8, 4) is 0 Å². The van der Waals surface area contributed by atoms with Gasteiger partial charge in [0.2, 0.25) is 9.84 Å². The smallest absolute Gasteiger partial charge is 0.353 e. The van der Waals surface area contributed by atoms with Crippen LogP contribution in [0.5, 0.6) is 0 Å². The Hall–Kier alpha value is -1.96. The molecule has 0 bridgehead atoms. The number of esters is 1. The lowest BCUT2D eigenvalue weighted by Crippen LogP contribution is -2.16. The first-order valence-electron chi connectivity index (χ1n) is 5.44. The molecule has 0 atom stereocenters. The van der Waals surface area contributed by atoms with E-state index in [1.807, 2.05) is 0 Å². The average Bonchev–Trinajstić information content (AvgIpc) is 2.41. The van der Waals surface area contributed by atoms with Crippen molar-refractivity contribution in [1.82, 2.24) is 0 Å². The molecular formula is C12H12F2O5S. The van der Waals surface area contributed by atoms with E-state index in [9.17, 15) is 22.0 Å². The van der Waals surface area contributed by atoms with E-state index in [-0.39, 0.29) is 6.61 Å². The zero-order chi connectivity index (χ0) is 15.3. The largest absolute Gasteiger partial charge is 0.500 e. The molecule has 0 aliphatic rings. The monoisotopic (exact) mass is 306 g/mol. The Kier molecular flexibility index (Phi) is 5.20. The summed E-state index contributed by atoms with van der Waals surface area (Å²) >= 11 is 0. The minimum atomic E-state index is -4.37. The fourth-order valence-corrected chi connectivity index (χ4v) is 2.51. The Bertz CT molecular complexity index is 637. The molecule has 1 aromatic rings. The molecule has 1 rings (SSSR count). The van der Waals surface area contributed by atoms with E-state index in [4.69, 9.17) is 4.74 Å². The Labute approximate surface area is 114 Å². The molecule has 5 nitrogen and oxygen atoms in total. The first kappa shape index (κ1) is 16.1. The summed E-state index contributed by atoms with van der Waals surface area (Å²) in [7, 11) is -3.38. The van der Waals surface area contributed by atoms with E-state index in [0.717, 1.165) is 13.2 Å². The molecule has 8 heteroatoms. The van der Waals surface area contributed by atoms with Gasteiger partial charge in [0.15, 0.2) is 16.5 Å². The van der Waals surface area contributed by atoms with Gasteiger partial charge in [-0.2, -0.15) is 0 Å². The van der Waals surface area contributed by atoms with E-state index in [1.165, 1.54) is 0 Å². The summed E-state index contributed by atoms with van der Waals surface area (Å²) in [5.74, 6) is -3.70. The van der Waals surface area contributed by atoms with E-state index in [0.29, 0.717) is 18.4 Å². The molecule has 0 unspecified atom stereocenters. The van der Waals surface area contributed by atoms with Crippen LogP contribution in [0, 0.1) is 11.6 Å². The molecule has 0 N–H and O–H groups in total. The highest BCUT2D eigenvalue weighted by Crippen LogP contribution is 2.22. The van der Waals surface area contributed by atoms with Gasteiger partial charge < -0.3 is 9.47 Å². The standard InChI is InChI=1S/C12H12F2O5S/c1-3-19-7-11(12(15)18-2)20(16,17)8-4-5-9(13)10(14)6-8/h4-7H,3H2,1-2H3/b11-7+. The van der Waals surface area contributed by atoms with Crippen LogP contribution < -0.4 is 0 Å². The second-order valence-corrected chi connectivity index (χ2v) is 5.43. The first-order chi connectivity index (χ1) is 9.34. The SMILES string of the molecule is CCO/C=C(\C(=O)OC)S(=O)(=O)c1ccc(F)c(F)c1. The van der Waals surface area contributed by atoms with Crippen molar-refractivity contribution < 1.29 is 31.5 Å². The third-order valence-corrected chi connectivity index (χ3v) is 3.95. The number of hydrogen-bond donors (Lipinski definition) is 0. The Morgan fingerprint density at radius 2 is 1.95 bits per heavy atom. The molecule has 1 aromatic carbocycles. The Morgan fingerprint density at radius 3 is 2.45 bits per heavy atom. The van der Waals surface area contributed by atoms with Crippen LogP contribution in [0.3, 0.4) is 0 Å². The zero-order valence-electron chi connectivity index (χ0n) is 10.7. The second-order valence-electron chi connectivity index (χ2n) is 3.51. The number of rotatable bonds is 5. The molecule has 110 valence electrons. The fraction of sp³-hybridized carbons (Fsp3) is 0.250. The third kappa shape index (κ3) is 3.32. The van der Waals surface area contributed by atoms with Gasteiger partial charge in [-0.1, -0.05) is 0 Å². The Balaban J connectivity index is 3.36. The van der Waals surface area contributed by atoms with Gasteiger partial charge in [0.1, 0.15) is 6.26 Å². The summed E-state index contributed by atoms with van der Waals surface area (Å²) in [4.78, 5) is 10.1. The molecule has 0 aromatic heterocycles. The quantitative estimate of drug-likeness (QED) is 0.359. The molecule has 0 spiro atoms. The van der Waals surface area contributed by atoms with Gasteiger partial charge in [-0.25, -0.2) is 22.0 Å². The molecule has 20 heavy (non-hydrogen) atoms. The van der Waals surface area contributed by atoms with E-state index in [1.54, 1.807) is 6.92 Å². The van der Waals surface area contributed by atoms with Crippen LogP contribution in [0.1, 0.15) is 6.92 Å². The highest BCUT2D eigenvalue weighted by molar-refractivity contribution is 7.96. The normalized spacial score (nSPS) is 12.1. The van der Waals surface area contributed by atoms with E-state index in [2.05, 4.69) is 4.74 Å². The number of carbonyl (C=O) groups excluding carboxylic acids is 1. The molecule has 0 heterocycles. The molecule has 0 amide bonds. The summed E-state index contributed by atoms with van der Waals surface area (Å²) in [6.45, 7) is 1.70. The molecule has 0 fully saturated rings. The predicted molar refractivity (Wildman–Crippen MR) is 65.3 cm³/mol. The number of ether oxygens (including phenoxy) is 2. The third-order valence-electron chi connectivity index (χ3n) is 2.23. The topological polar surface area (TPSA) is 69.7 Å². The maximum absolute atomic E-state index is 13.1. The average molecular weight is 306 g/mol. The zero-order valence-corrected chi connectivity index (χ0v) is 11.5. The lowest BCUT2D eigenvalue weighted by atomic mass is 10.3. The maximum Gasteiger partial charge on any atom is 0.353 e. The first-order valence-corrected chi connectivity index (χ1v) is 6.93. The summed E-state index contributed by atoms with van der Waals surface area (Å²) in [5, 5.41) is 0. The van der Waals surface area contributed by atoms with Crippen molar-refractivity contribution in [3.05, 3.63) is 41.0 Å². The van der Waals surface area contributed by atoms with Crippen molar-refractivity contribution in [1.29, 1.82) is 0 Å². The lowest BCUT2D eigenvalue weighted by molar-refractivity contribution is -0.135. The van der Waals surface area contributed by atoms with Gasteiger partial charge in [0.05, 0.1) is 18.6 Å². The highest BCUT2D eigenvalue weighted by Gasteiger charge is 2.29. The highest BCUT2D eigenvalue weighted by atomic mass is 32.2. The fourth-order valence-electron chi connectivity index (χ4n) is 1.25. The molecule has 0 radical (unpaired) electrons. The van der Waals surface area contributed by atoms with Crippen LogP contribution in [-0.2, 0) is 24.1 Å². The van der Waals surface area contributed by atoms with Crippen LogP contribution in [0.4, 0.5) is 8.78 Å². The summed E-state index contributed by atoms with van der Waals surface area (Å²) in [6, 6.07) is 1.97. The van der Waals surface area contributed by atoms with Crippen molar-refractivity contribution >= 4 is 15.8 Å². The van der Waals surface area contributed by atoms with Crippen molar-refractivity contribution in [2.75, 3.05) is 13.7 Å². The van der Waals surface area contributed by atoms with Gasteiger partial charge in [-0.3, -0.25) is 0 Å². The van der Waals surface area contributed by atoms with Crippen molar-refractivity contribution in [2.45, 2.75) is 11.8 Å². The molecular weight excluding hydrogens is 294 g/mol. The van der Waals surface area contributed by atoms with Crippen LogP contribution in [0.25, 0.3) is 0 Å². The minimum Gasteiger partial charge on any atom is -0.500 e. The summed E-state index contributed by atoms with van der Waals surface area (Å²) in [6.07, 6.45) is 0.711. The summed E-state index contributed by atoms with van der Waals surface area (Å²) in [5.41, 5.74) is 0. The predicted octanol–water partition coefficient (Wildman–Crippen LogP) is 1.79. The van der Waals surface area contributed by atoms with Crippen LogP contribution in [-0.4, -0.2) is 28.1 Å². The van der Waals surface area contributed by atoms with Gasteiger partial charge in [0, 0.05) is 0 Å². The van der Waals surface area contributed by atoms with E-state index >= 15 is 0 Å². The number of benzene rings is 1. The van der Waals surface area contributed by atoms with Crippen molar-refractivity contribution in [3.63, 3.8) is 0 Å². The van der Waals surface area contributed by atoms with Crippen molar-refractivity contribution in [2.24, 2.45) is 0 Å². The Morgan fingerprint density at radius 1 is 1.30 bits per heavy atom. The molecule has 0 saturated carbocycles. The van der Waals surface area contributed by atoms with Gasteiger partial charge >= 0.3 is 5.97 Å². The van der Waals surface area contributed by atoms with Crippen LogP contribution >= 0.6 is 0 Å². The van der Waals surface area contributed by atoms with Gasteiger partial charge in [0.25, 0.3) is 0 Å². The number of sulfone groups is 1. The number of halogens is 2. The van der Waals surface area contributed by atoms with Gasteiger partial charge in [-0.05, 0) is 25.1 Å².